The SMILES string of the molecule is NCCCC[C@H](NC(=O)[C@H](CO)NC(=O)c1cc(C2CC2)on1)C(N)=O. The summed E-state index contributed by atoms with van der Waals surface area (Å²) in [6.45, 7) is -0.172. The molecule has 144 valence electrons. The lowest BCUT2D eigenvalue weighted by atomic mass is 10.1. The molecule has 10 heteroatoms. The van der Waals surface area contributed by atoms with Gasteiger partial charge in [-0.05, 0) is 38.6 Å². The fourth-order valence-electron chi connectivity index (χ4n) is 2.43. The zero-order valence-corrected chi connectivity index (χ0v) is 14.4. The van der Waals surface area contributed by atoms with Gasteiger partial charge in [0.25, 0.3) is 5.91 Å². The molecule has 0 saturated heterocycles. The Hall–Kier alpha value is -2.46. The topological polar surface area (TPSA) is 174 Å². The van der Waals surface area contributed by atoms with E-state index in [4.69, 9.17) is 16.0 Å². The Morgan fingerprint density at radius 1 is 1.27 bits per heavy atom. The zero-order chi connectivity index (χ0) is 19.1. The number of nitrogens with two attached hydrogens (primary N) is 2. The van der Waals surface area contributed by atoms with Crippen LogP contribution in [-0.4, -0.2) is 53.2 Å². The van der Waals surface area contributed by atoms with Crippen LogP contribution in [0.4, 0.5) is 0 Å². The van der Waals surface area contributed by atoms with E-state index in [1.807, 2.05) is 0 Å². The minimum atomic E-state index is -1.24. The molecular formula is C16H25N5O5. The molecule has 0 radical (unpaired) electrons. The van der Waals surface area contributed by atoms with E-state index in [0.717, 1.165) is 12.8 Å². The molecule has 1 aromatic heterocycles. The van der Waals surface area contributed by atoms with Crippen molar-refractivity contribution in [1.29, 1.82) is 0 Å². The van der Waals surface area contributed by atoms with E-state index < -0.39 is 36.4 Å². The zero-order valence-electron chi connectivity index (χ0n) is 14.4. The Balaban J connectivity index is 1.91. The number of amides is 3. The van der Waals surface area contributed by atoms with E-state index >= 15 is 0 Å². The van der Waals surface area contributed by atoms with E-state index in [-0.39, 0.29) is 5.69 Å². The van der Waals surface area contributed by atoms with Gasteiger partial charge in [-0.2, -0.15) is 0 Å². The summed E-state index contributed by atoms with van der Waals surface area (Å²) < 4.78 is 5.09. The molecule has 2 atom stereocenters. The van der Waals surface area contributed by atoms with Crippen LogP contribution in [0.15, 0.2) is 10.6 Å². The van der Waals surface area contributed by atoms with E-state index in [1.165, 1.54) is 6.07 Å². The van der Waals surface area contributed by atoms with E-state index in [2.05, 4.69) is 15.8 Å². The molecular weight excluding hydrogens is 342 g/mol. The first-order chi connectivity index (χ1) is 12.5. The van der Waals surface area contributed by atoms with Gasteiger partial charge < -0.3 is 31.7 Å². The van der Waals surface area contributed by atoms with Crippen LogP contribution in [0.2, 0.25) is 0 Å². The van der Waals surface area contributed by atoms with Crippen molar-refractivity contribution in [2.75, 3.05) is 13.2 Å². The molecule has 0 aliphatic heterocycles. The highest BCUT2D eigenvalue weighted by molar-refractivity contribution is 5.97. The average Bonchev–Trinajstić information content (AvgIpc) is 3.35. The van der Waals surface area contributed by atoms with Crippen molar-refractivity contribution < 1.29 is 24.0 Å². The molecule has 1 fully saturated rings. The molecule has 1 saturated carbocycles. The lowest BCUT2D eigenvalue weighted by Gasteiger charge is -2.20. The van der Waals surface area contributed by atoms with Gasteiger partial charge >= 0.3 is 0 Å². The summed E-state index contributed by atoms with van der Waals surface area (Å²) in [5.74, 6) is -1.11. The quantitative estimate of drug-likeness (QED) is 0.303. The van der Waals surface area contributed by atoms with E-state index in [1.54, 1.807) is 0 Å². The molecule has 3 amide bonds. The standard InChI is InChI=1S/C16H25N5O5/c17-6-2-1-3-10(14(18)23)19-16(25)12(8-22)20-15(24)11-7-13(26-21-11)9-4-5-9/h7,9-10,12,22H,1-6,8,17H2,(H2,18,23)(H,19,25)(H,20,24)/t10-,12-/m0/s1. The predicted molar refractivity (Wildman–Crippen MR) is 90.8 cm³/mol. The summed E-state index contributed by atoms with van der Waals surface area (Å²) in [6, 6.07) is -0.605. The van der Waals surface area contributed by atoms with Gasteiger partial charge in [0.15, 0.2) is 5.69 Å². The van der Waals surface area contributed by atoms with Gasteiger partial charge in [0.05, 0.1) is 6.61 Å². The van der Waals surface area contributed by atoms with Crippen molar-refractivity contribution >= 4 is 17.7 Å². The predicted octanol–water partition coefficient (Wildman–Crippen LogP) is -1.26. The number of hydrogen-bond donors (Lipinski definition) is 5. The number of primary amides is 1. The van der Waals surface area contributed by atoms with Gasteiger partial charge in [0, 0.05) is 12.0 Å². The maximum atomic E-state index is 12.2. The van der Waals surface area contributed by atoms with Crippen molar-refractivity contribution in [3.8, 4) is 0 Å². The van der Waals surface area contributed by atoms with E-state index in [9.17, 15) is 19.5 Å². The number of nitrogens with zero attached hydrogens (tertiary/aromatic N) is 1. The van der Waals surface area contributed by atoms with Crippen molar-refractivity contribution in [3.05, 3.63) is 17.5 Å². The Labute approximate surface area is 150 Å². The minimum absolute atomic E-state index is 0.0348. The van der Waals surface area contributed by atoms with Crippen molar-refractivity contribution in [2.45, 2.75) is 50.1 Å². The molecule has 1 heterocycles. The van der Waals surface area contributed by atoms with Crippen LogP contribution in [0.3, 0.4) is 0 Å². The number of unbranched alkanes of at least 4 members (excludes halogenated alkanes) is 1. The number of carbonyl (C=O) groups is 3. The van der Waals surface area contributed by atoms with Crippen molar-refractivity contribution in [2.24, 2.45) is 11.5 Å². The summed E-state index contributed by atoms with van der Waals surface area (Å²) >= 11 is 0. The second-order valence-corrected chi connectivity index (χ2v) is 6.35. The maximum Gasteiger partial charge on any atom is 0.274 e. The monoisotopic (exact) mass is 367 g/mol. The van der Waals surface area contributed by atoms with Gasteiger partial charge in [-0.25, -0.2) is 0 Å². The molecule has 2 rings (SSSR count). The van der Waals surface area contributed by atoms with Gasteiger partial charge in [-0.3, -0.25) is 14.4 Å². The van der Waals surface area contributed by atoms with Crippen LogP contribution in [0.5, 0.6) is 0 Å². The molecule has 7 N–H and O–H groups in total. The summed E-state index contributed by atoms with van der Waals surface area (Å²) in [5, 5.41) is 17.9. The third-order valence-corrected chi connectivity index (χ3v) is 4.15. The number of nitrogens with one attached hydrogen (secondary N) is 2. The summed E-state index contributed by atoms with van der Waals surface area (Å²) in [6.07, 6.45) is 3.63. The van der Waals surface area contributed by atoms with Gasteiger partial charge in [0.2, 0.25) is 11.8 Å². The summed E-state index contributed by atoms with van der Waals surface area (Å²) in [5.41, 5.74) is 10.7. The van der Waals surface area contributed by atoms with E-state index in [0.29, 0.717) is 37.5 Å². The fraction of sp³-hybridized carbons (Fsp3) is 0.625. The average molecular weight is 367 g/mol. The lowest BCUT2D eigenvalue weighted by Crippen LogP contribution is -2.54. The molecule has 26 heavy (non-hydrogen) atoms. The highest BCUT2D eigenvalue weighted by atomic mass is 16.5. The summed E-state index contributed by atoms with van der Waals surface area (Å²) in [7, 11) is 0. The molecule has 1 aromatic rings. The first-order valence-corrected chi connectivity index (χ1v) is 8.64. The smallest absolute Gasteiger partial charge is 0.274 e. The van der Waals surface area contributed by atoms with Crippen LogP contribution < -0.4 is 22.1 Å². The van der Waals surface area contributed by atoms with Crippen LogP contribution in [0.1, 0.15) is 54.3 Å². The van der Waals surface area contributed by atoms with Crippen LogP contribution >= 0.6 is 0 Å². The maximum absolute atomic E-state index is 12.2. The van der Waals surface area contributed by atoms with Gasteiger partial charge in [0.1, 0.15) is 17.8 Å². The largest absolute Gasteiger partial charge is 0.394 e. The molecule has 0 unspecified atom stereocenters. The van der Waals surface area contributed by atoms with Gasteiger partial charge in [-0.1, -0.05) is 5.16 Å². The van der Waals surface area contributed by atoms with Crippen molar-refractivity contribution in [1.82, 2.24) is 15.8 Å². The number of hydrogen-bond acceptors (Lipinski definition) is 7. The highest BCUT2D eigenvalue weighted by Crippen LogP contribution is 2.40. The highest BCUT2D eigenvalue weighted by Gasteiger charge is 2.30. The Kier molecular flexibility index (Phi) is 7.10. The summed E-state index contributed by atoms with van der Waals surface area (Å²) in [4.78, 5) is 35.9. The second-order valence-electron chi connectivity index (χ2n) is 6.35. The Bertz CT molecular complexity index is 643. The third-order valence-electron chi connectivity index (χ3n) is 4.15. The number of rotatable bonds is 11. The number of aromatic nitrogens is 1. The number of aliphatic hydroxyl groups excluding tert-OH is 1. The number of aliphatic hydroxyl groups is 1. The molecule has 1 aliphatic rings. The second kappa shape index (κ2) is 9.30. The minimum Gasteiger partial charge on any atom is -0.394 e. The molecule has 0 bridgehead atoms. The fourth-order valence-corrected chi connectivity index (χ4v) is 2.43. The first kappa shape index (κ1) is 19.9. The van der Waals surface area contributed by atoms with Crippen LogP contribution in [0, 0.1) is 0 Å². The Morgan fingerprint density at radius 2 is 2.00 bits per heavy atom. The first-order valence-electron chi connectivity index (χ1n) is 8.64. The van der Waals surface area contributed by atoms with Crippen LogP contribution in [0.25, 0.3) is 0 Å². The molecule has 1 aliphatic carbocycles. The third kappa shape index (κ3) is 5.53. The lowest BCUT2D eigenvalue weighted by molar-refractivity contribution is -0.129. The normalized spacial score (nSPS) is 15.9. The Morgan fingerprint density at radius 3 is 2.58 bits per heavy atom. The molecule has 10 nitrogen and oxygen atoms in total. The van der Waals surface area contributed by atoms with Gasteiger partial charge in [-0.15, -0.1) is 0 Å². The van der Waals surface area contributed by atoms with Crippen molar-refractivity contribution in [3.63, 3.8) is 0 Å². The number of carbonyl (C=O) groups excluding carboxylic acids is 3. The molecule has 0 aromatic carbocycles. The van der Waals surface area contributed by atoms with Crippen LogP contribution in [-0.2, 0) is 9.59 Å². The molecule has 0 spiro atoms.